The number of pyridine rings is 1. The van der Waals surface area contributed by atoms with Crippen LogP contribution in [-0.2, 0) is 16.6 Å². The van der Waals surface area contributed by atoms with Crippen LogP contribution in [0.5, 0.6) is 10.9 Å². The van der Waals surface area contributed by atoms with Crippen molar-refractivity contribution in [3.8, 4) is 10.9 Å². The van der Waals surface area contributed by atoms with E-state index in [4.69, 9.17) is 9.15 Å². The molecule has 0 saturated heterocycles. The molecule has 0 aliphatic heterocycles. The van der Waals surface area contributed by atoms with E-state index in [2.05, 4.69) is 25.9 Å². The van der Waals surface area contributed by atoms with Crippen molar-refractivity contribution < 1.29 is 22.0 Å². The fourth-order valence-electron chi connectivity index (χ4n) is 3.09. The van der Waals surface area contributed by atoms with E-state index >= 15 is 0 Å². The standard InChI is InChI=1S/C20H16BrFN4O5S2/c1-10-13-4-3-12(30-20-25-9-16(21)32-20)8-15(13)31-19(27)14(10)7-11-5-6-24-18(17(11)22)26-33(28,29)23-2/h3-6,8-9,23H,7H2,1-2H3,(H,24,26). The maximum absolute atomic E-state index is 14.9. The number of halogens is 2. The Morgan fingerprint density at radius 2 is 2.06 bits per heavy atom. The average Bonchev–Trinajstić information content (AvgIpc) is 3.17. The molecule has 4 aromatic rings. The molecule has 0 saturated carbocycles. The lowest BCUT2D eigenvalue weighted by atomic mass is 10.00. The van der Waals surface area contributed by atoms with E-state index in [1.54, 1.807) is 31.3 Å². The number of benzene rings is 1. The van der Waals surface area contributed by atoms with Gasteiger partial charge in [-0.25, -0.2) is 23.9 Å². The number of nitrogens with zero attached hydrogens (tertiary/aromatic N) is 2. The van der Waals surface area contributed by atoms with Crippen molar-refractivity contribution in [3.63, 3.8) is 0 Å². The molecule has 2 N–H and O–H groups in total. The van der Waals surface area contributed by atoms with Gasteiger partial charge >= 0.3 is 5.63 Å². The van der Waals surface area contributed by atoms with Crippen LogP contribution in [0.2, 0.25) is 0 Å². The van der Waals surface area contributed by atoms with E-state index in [0.717, 1.165) is 3.79 Å². The fourth-order valence-corrected chi connectivity index (χ4v) is 4.62. The van der Waals surface area contributed by atoms with Gasteiger partial charge in [-0.3, -0.25) is 4.72 Å². The van der Waals surface area contributed by atoms with Gasteiger partial charge in [-0.15, -0.1) is 0 Å². The Morgan fingerprint density at radius 1 is 1.27 bits per heavy atom. The number of ether oxygens (including phenoxy) is 1. The summed E-state index contributed by atoms with van der Waals surface area (Å²) in [4.78, 5) is 20.5. The summed E-state index contributed by atoms with van der Waals surface area (Å²) in [7, 11) is -2.78. The van der Waals surface area contributed by atoms with Gasteiger partial charge in [0.25, 0.3) is 15.4 Å². The molecule has 172 valence electrons. The van der Waals surface area contributed by atoms with Crippen LogP contribution >= 0.6 is 27.3 Å². The third-order valence-corrected chi connectivity index (χ3v) is 7.11. The van der Waals surface area contributed by atoms with Crippen LogP contribution in [0.4, 0.5) is 10.2 Å². The maximum Gasteiger partial charge on any atom is 0.340 e. The number of anilines is 1. The van der Waals surface area contributed by atoms with Gasteiger partial charge in [-0.1, -0.05) is 11.3 Å². The van der Waals surface area contributed by atoms with Gasteiger partial charge in [0.1, 0.15) is 11.3 Å². The molecule has 33 heavy (non-hydrogen) atoms. The highest BCUT2D eigenvalue weighted by molar-refractivity contribution is 9.11. The molecule has 3 heterocycles. The van der Waals surface area contributed by atoms with E-state index < -0.39 is 27.5 Å². The summed E-state index contributed by atoms with van der Waals surface area (Å²) < 4.78 is 54.2. The minimum Gasteiger partial charge on any atom is -0.431 e. The average molecular weight is 555 g/mol. The van der Waals surface area contributed by atoms with E-state index in [9.17, 15) is 17.6 Å². The number of rotatable bonds is 7. The van der Waals surface area contributed by atoms with Gasteiger partial charge in [-0.05, 0) is 52.2 Å². The summed E-state index contributed by atoms with van der Waals surface area (Å²) in [5, 5.41) is 1.08. The first-order valence-electron chi connectivity index (χ1n) is 9.37. The van der Waals surface area contributed by atoms with Crippen molar-refractivity contribution in [2.24, 2.45) is 0 Å². The van der Waals surface area contributed by atoms with Crippen molar-refractivity contribution >= 4 is 54.3 Å². The Kier molecular flexibility index (Phi) is 6.47. The third kappa shape index (κ3) is 5.05. The Labute approximate surface area is 200 Å². The number of nitrogens with one attached hydrogen (secondary N) is 2. The summed E-state index contributed by atoms with van der Waals surface area (Å²) in [6, 6.07) is 6.41. The first-order valence-corrected chi connectivity index (χ1v) is 12.5. The zero-order valence-electron chi connectivity index (χ0n) is 17.2. The van der Waals surface area contributed by atoms with Crippen molar-refractivity contribution in [1.29, 1.82) is 0 Å². The second kappa shape index (κ2) is 9.17. The van der Waals surface area contributed by atoms with E-state index in [0.29, 0.717) is 27.5 Å². The molecule has 0 aliphatic carbocycles. The zero-order chi connectivity index (χ0) is 23.8. The lowest BCUT2D eigenvalue weighted by Crippen LogP contribution is -2.27. The number of hydrogen-bond acceptors (Lipinski definition) is 8. The smallest absolute Gasteiger partial charge is 0.340 e. The fraction of sp³-hybridized carbons (Fsp3) is 0.150. The molecule has 3 aromatic heterocycles. The summed E-state index contributed by atoms with van der Waals surface area (Å²) >= 11 is 4.62. The highest BCUT2D eigenvalue weighted by Gasteiger charge is 2.19. The molecule has 0 atom stereocenters. The third-order valence-electron chi connectivity index (χ3n) is 4.76. The van der Waals surface area contributed by atoms with Gasteiger partial charge < -0.3 is 9.15 Å². The Morgan fingerprint density at radius 3 is 2.76 bits per heavy atom. The molecule has 0 fully saturated rings. The molecule has 1 aromatic carbocycles. The SMILES string of the molecule is CNS(=O)(=O)Nc1nccc(Cc2c(C)c3ccc(Oc4ncc(Br)s4)cc3oc2=O)c1F. The second-order valence-corrected chi connectivity index (χ2v) is 10.8. The molecular formula is C20H16BrFN4O5S2. The number of thiazole rings is 1. The summed E-state index contributed by atoms with van der Waals surface area (Å²) in [5.41, 5.74) is 0.614. The molecular weight excluding hydrogens is 539 g/mol. The topological polar surface area (TPSA) is 123 Å². The van der Waals surface area contributed by atoms with E-state index in [1.165, 1.54) is 30.6 Å². The number of aromatic nitrogens is 2. The predicted molar refractivity (Wildman–Crippen MR) is 126 cm³/mol. The van der Waals surface area contributed by atoms with Gasteiger partial charge in [0.15, 0.2) is 11.6 Å². The van der Waals surface area contributed by atoms with Gasteiger partial charge in [0.05, 0.1) is 9.98 Å². The predicted octanol–water partition coefficient (Wildman–Crippen LogP) is 4.11. The van der Waals surface area contributed by atoms with Gasteiger partial charge in [-0.2, -0.15) is 8.42 Å². The van der Waals surface area contributed by atoms with Crippen LogP contribution in [-0.4, -0.2) is 25.4 Å². The lowest BCUT2D eigenvalue weighted by Gasteiger charge is -2.12. The van der Waals surface area contributed by atoms with E-state index in [1.807, 2.05) is 9.44 Å². The molecule has 0 amide bonds. The Balaban J connectivity index is 1.68. The zero-order valence-corrected chi connectivity index (χ0v) is 20.4. The van der Waals surface area contributed by atoms with Crippen molar-refractivity contribution in [2.45, 2.75) is 13.3 Å². The van der Waals surface area contributed by atoms with Crippen LogP contribution < -0.4 is 19.8 Å². The maximum atomic E-state index is 14.9. The minimum atomic E-state index is -3.96. The van der Waals surface area contributed by atoms with Gasteiger partial charge in [0.2, 0.25) is 0 Å². The number of hydrogen-bond donors (Lipinski definition) is 2. The minimum absolute atomic E-state index is 0.0860. The van der Waals surface area contributed by atoms with Crippen molar-refractivity contribution in [3.05, 3.63) is 73.4 Å². The van der Waals surface area contributed by atoms with E-state index in [-0.39, 0.29) is 17.5 Å². The van der Waals surface area contributed by atoms with Crippen LogP contribution in [0.1, 0.15) is 16.7 Å². The van der Waals surface area contributed by atoms with Crippen LogP contribution in [0.15, 0.2) is 49.7 Å². The summed E-state index contributed by atoms with van der Waals surface area (Å²) in [6.45, 7) is 1.73. The summed E-state index contributed by atoms with van der Waals surface area (Å²) in [5.74, 6) is -0.907. The normalized spacial score (nSPS) is 11.6. The number of fused-ring (bicyclic) bond motifs is 1. The highest BCUT2D eigenvalue weighted by Crippen LogP contribution is 2.32. The Hall–Kier alpha value is -2.87. The molecule has 0 spiro atoms. The Bertz CT molecular complexity index is 1520. The van der Waals surface area contributed by atoms with Crippen molar-refractivity contribution in [2.75, 3.05) is 11.8 Å². The molecule has 0 radical (unpaired) electrons. The molecule has 13 heteroatoms. The first kappa shape index (κ1) is 23.3. The second-order valence-electron chi connectivity index (χ2n) is 6.80. The molecule has 0 bridgehead atoms. The van der Waals surface area contributed by atoms with Crippen LogP contribution in [0, 0.1) is 12.7 Å². The molecule has 0 unspecified atom stereocenters. The first-order chi connectivity index (χ1) is 15.7. The highest BCUT2D eigenvalue weighted by atomic mass is 79.9. The quantitative estimate of drug-likeness (QED) is 0.329. The largest absolute Gasteiger partial charge is 0.431 e. The van der Waals surface area contributed by atoms with Crippen LogP contribution in [0.3, 0.4) is 0 Å². The van der Waals surface area contributed by atoms with Gasteiger partial charge in [0, 0.05) is 36.7 Å². The van der Waals surface area contributed by atoms with Crippen molar-refractivity contribution in [1.82, 2.24) is 14.7 Å². The monoisotopic (exact) mass is 554 g/mol. The molecule has 4 rings (SSSR count). The molecule has 9 nitrogen and oxygen atoms in total. The summed E-state index contributed by atoms with van der Waals surface area (Å²) in [6.07, 6.45) is 2.76. The lowest BCUT2D eigenvalue weighted by molar-refractivity contribution is 0.476. The van der Waals surface area contributed by atoms with Crippen LogP contribution in [0.25, 0.3) is 11.0 Å². The molecule has 0 aliphatic rings. The number of aryl methyl sites for hydroxylation is 1.